The van der Waals surface area contributed by atoms with Gasteiger partial charge in [-0.05, 0) is 65.5 Å². The fourth-order valence-electron chi connectivity index (χ4n) is 3.21. The third-order valence-corrected chi connectivity index (χ3v) is 7.48. The highest BCUT2D eigenvalue weighted by molar-refractivity contribution is 7.92. The van der Waals surface area contributed by atoms with Crippen LogP contribution < -0.4 is 9.62 Å². The van der Waals surface area contributed by atoms with Gasteiger partial charge < -0.3 is 5.32 Å². The SMILES string of the molecule is CS(=O)(=O)N(Cc1ccc(Cl)cc1)c1ccc2sc(C(=O)Nc3cccc(Cl)c3)cc2c1. The van der Waals surface area contributed by atoms with Crippen LogP contribution in [0.25, 0.3) is 10.1 Å². The Hall–Kier alpha value is -2.58. The van der Waals surface area contributed by atoms with Crippen molar-refractivity contribution in [3.05, 3.63) is 93.3 Å². The van der Waals surface area contributed by atoms with Crippen LogP contribution in [0.5, 0.6) is 0 Å². The molecule has 4 rings (SSSR count). The van der Waals surface area contributed by atoms with Crippen molar-refractivity contribution in [2.45, 2.75) is 6.54 Å². The number of thiophene rings is 1. The normalized spacial score (nSPS) is 11.5. The predicted molar refractivity (Wildman–Crippen MR) is 134 cm³/mol. The van der Waals surface area contributed by atoms with Crippen LogP contribution >= 0.6 is 34.5 Å². The summed E-state index contributed by atoms with van der Waals surface area (Å²) in [6.07, 6.45) is 1.17. The molecule has 1 N–H and O–H groups in total. The molecular weight excluding hydrogens is 487 g/mol. The van der Waals surface area contributed by atoms with Crippen molar-refractivity contribution in [2.24, 2.45) is 0 Å². The van der Waals surface area contributed by atoms with Crippen LogP contribution in [-0.4, -0.2) is 20.6 Å². The molecule has 164 valence electrons. The van der Waals surface area contributed by atoms with Gasteiger partial charge in [0.15, 0.2) is 0 Å². The summed E-state index contributed by atoms with van der Waals surface area (Å²) in [5.74, 6) is -0.254. The van der Waals surface area contributed by atoms with Crippen LogP contribution in [-0.2, 0) is 16.6 Å². The molecule has 0 unspecified atom stereocenters. The highest BCUT2D eigenvalue weighted by Crippen LogP contribution is 2.32. The Morgan fingerprint density at radius 2 is 1.72 bits per heavy atom. The van der Waals surface area contributed by atoms with E-state index in [0.717, 1.165) is 15.6 Å². The Morgan fingerprint density at radius 1 is 0.969 bits per heavy atom. The molecule has 0 aliphatic rings. The van der Waals surface area contributed by atoms with Gasteiger partial charge in [0, 0.05) is 20.4 Å². The summed E-state index contributed by atoms with van der Waals surface area (Å²) in [6, 6.07) is 21.1. The number of carbonyl (C=O) groups excluding carboxylic acids is 1. The number of nitrogens with zero attached hydrogens (tertiary/aromatic N) is 1. The highest BCUT2D eigenvalue weighted by atomic mass is 35.5. The first-order chi connectivity index (χ1) is 15.2. The molecule has 1 aromatic heterocycles. The van der Waals surface area contributed by atoms with Crippen molar-refractivity contribution >= 4 is 71.9 Å². The summed E-state index contributed by atoms with van der Waals surface area (Å²) in [4.78, 5) is 13.2. The lowest BCUT2D eigenvalue weighted by atomic mass is 10.2. The molecule has 1 amide bonds. The Kier molecular flexibility index (Phi) is 6.44. The molecule has 0 fully saturated rings. The number of halogens is 2. The van der Waals surface area contributed by atoms with Gasteiger partial charge in [-0.15, -0.1) is 11.3 Å². The number of hydrogen-bond donors (Lipinski definition) is 1. The first kappa shape index (κ1) is 22.6. The fourth-order valence-corrected chi connectivity index (χ4v) is 5.35. The van der Waals surface area contributed by atoms with Crippen molar-refractivity contribution in [1.29, 1.82) is 0 Å². The molecule has 0 aliphatic carbocycles. The van der Waals surface area contributed by atoms with E-state index < -0.39 is 10.0 Å². The Labute approximate surface area is 200 Å². The maximum absolute atomic E-state index is 12.7. The van der Waals surface area contributed by atoms with Crippen molar-refractivity contribution < 1.29 is 13.2 Å². The second-order valence-corrected chi connectivity index (χ2v) is 11.1. The summed E-state index contributed by atoms with van der Waals surface area (Å²) < 4.78 is 27.2. The summed E-state index contributed by atoms with van der Waals surface area (Å²) >= 11 is 13.3. The van der Waals surface area contributed by atoms with Gasteiger partial charge in [0.2, 0.25) is 10.0 Å². The summed E-state index contributed by atoms with van der Waals surface area (Å²) in [7, 11) is -3.54. The van der Waals surface area contributed by atoms with Crippen LogP contribution in [0.2, 0.25) is 10.0 Å². The molecule has 4 aromatic rings. The smallest absolute Gasteiger partial charge is 0.265 e. The van der Waals surface area contributed by atoms with E-state index in [-0.39, 0.29) is 12.5 Å². The standard InChI is InChI=1S/C23H18Cl2N2O3S2/c1-32(29,30)27(14-15-5-7-17(24)8-6-15)20-9-10-21-16(11-20)12-22(31-21)23(28)26-19-4-2-3-18(25)13-19/h2-13H,14H2,1H3,(H,26,28). The Balaban J connectivity index is 1.63. The van der Waals surface area contributed by atoms with Crippen molar-refractivity contribution in [1.82, 2.24) is 0 Å². The van der Waals surface area contributed by atoms with E-state index in [4.69, 9.17) is 23.2 Å². The van der Waals surface area contributed by atoms with Gasteiger partial charge in [0.25, 0.3) is 5.91 Å². The lowest BCUT2D eigenvalue weighted by molar-refractivity contribution is 0.103. The van der Waals surface area contributed by atoms with E-state index in [1.165, 1.54) is 21.9 Å². The Morgan fingerprint density at radius 3 is 2.41 bits per heavy atom. The first-order valence-corrected chi connectivity index (χ1v) is 12.9. The molecule has 0 radical (unpaired) electrons. The molecule has 5 nitrogen and oxygen atoms in total. The quantitative estimate of drug-likeness (QED) is 0.329. The number of nitrogens with one attached hydrogen (secondary N) is 1. The zero-order valence-corrected chi connectivity index (χ0v) is 20.0. The monoisotopic (exact) mass is 504 g/mol. The minimum absolute atomic E-state index is 0.174. The maximum atomic E-state index is 12.7. The van der Waals surface area contributed by atoms with E-state index in [9.17, 15) is 13.2 Å². The van der Waals surface area contributed by atoms with Crippen molar-refractivity contribution in [2.75, 3.05) is 15.9 Å². The maximum Gasteiger partial charge on any atom is 0.265 e. The van der Waals surface area contributed by atoms with E-state index >= 15 is 0 Å². The largest absolute Gasteiger partial charge is 0.321 e. The molecule has 0 atom stereocenters. The van der Waals surface area contributed by atoms with Gasteiger partial charge in [-0.3, -0.25) is 9.10 Å². The van der Waals surface area contributed by atoms with Gasteiger partial charge in [-0.25, -0.2) is 8.42 Å². The molecule has 0 spiro atoms. The number of hydrogen-bond acceptors (Lipinski definition) is 4. The molecule has 0 saturated carbocycles. The molecule has 32 heavy (non-hydrogen) atoms. The van der Waals surface area contributed by atoms with Crippen LogP contribution in [0.4, 0.5) is 11.4 Å². The first-order valence-electron chi connectivity index (χ1n) is 9.52. The third-order valence-electron chi connectivity index (χ3n) is 4.73. The number of fused-ring (bicyclic) bond motifs is 1. The average molecular weight is 505 g/mol. The minimum Gasteiger partial charge on any atom is -0.321 e. The summed E-state index contributed by atoms with van der Waals surface area (Å²) in [6.45, 7) is 0.174. The number of anilines is 2. The van der Waals surface area contributed by atoms with E-state index in [0.29, 0.717) is 26.3 Å². The van der Waals surface area contributed by atoms with Gasteiger partial charge in [-0.1, -0.05) is 41.4 Å². The average Bonchev–Trinajstić information content (AvgIpc) is 3.16. The summed E-state index contributed by atoms with van der Waals surface area (Å²) in [5.41, 5.74) is 1.94. The zero-order chi connectivity index (χ0) is 22.9. The number of carbonyl (C=O) groups is 1. The molecule has 0 bridgehead atoms. The lowest BCUT2D eigenvalue weighted by Gasteiger charge is -2.22. The molecule has 0 aliphatic heterocycles. The zero-order valence-electron chi connectivity index (χ0n) is 16.9. The van der Waals surface area contributed by atoms with E-state index in [1.807, 2.05) is 6.07 Å². The third kappa shape index (κ3) is 5.24. The van der Waals surface area contributed by atoms with Crippen LogP contribution in [0.3, 0.4) is 0 Å². The molecule has 1 heterocycles. The minimum atomic E-state index is -3.54. The van der Waals surface area contributed by atoms with Gasteiger partial charge in [0.1, 0.15) is 0 Å². The van der Waals surface area contributed by atoms with Crippen LogP contribution in [0.1, 0.15) is 15.2 Å². The summed E-state index contributed by atoms with van der Waals surface area (Å²) in [5, 5.41) is 4.73. The highest BCUT2D eigenvalue weighted by Gasteiger charge is 2.19. The van der Waals surface area contributed by atoms with Crippen LogP contribution in [0, 0.1) is 0 Å². The van der Waals surface area contributed by atoms with Gasteiger partial charge in [0.05, 0.1) is 23.4 Å². The van der Waals surface area contributed by atoms with Crippen molar-refractivity contribution in [3.63, 3.8) is 0 Å². The topological polar surface area (TPSA) is 66.5 Å². The predicted octanol–water partition coefficient (Wildman–Crippen LogP) is 6.43. The second kappa shape index (κ2) is 9.11. The van der Waals surface area contributed by atoms with E-state index in [2.05, 4.69) is 5.32 Å². The van der Waals surface area contributed by atoms with Gasteiger partial charge in [-0.2, -0.15) is 0 Å². The van der Waals surface area contributed by atoms with Crippen molar-refractivity contribution in [3.8, 4) is 0 Å². The van der Waals surface area contributed by atoms with E-state index in [1.54, 1.807) is 66.7 Å². The molecular formula is C23H18Cl2N2O3S2. The number of benzene rings is 3. The molecule has 0 saturated heterocycles. The number of rotatable bonds is 6. The molecule has 9 heteroatoms. The Bertz CT molecular complexity index is 1400. The lowest BCUT2D eigenvalue weighted by Crippen LogP contribution is -2.29. The number of amides is 1. The fraction of sp³-hybridized carbons (Fsp3) is 0.0870. The number of sulfonamides is 1. The van der Waals surface area contributed by atoms with Gasteiger partial charge >= 0.3 is 0 Å². The van der Waals surface area contributed by atoms with Crippen LogP contribution in [0.15, 0.2) is 72.8 Å². The second-order valence-electron chi connectivity index (χ2n) is 7.19. The molecule has 3 aromatic carbocycles.